The number of aliphatic carboxylic acids is 1. The lowest BCUT2D eigenvalue weighted by atomic mass is 10.1. The minimum atomic E-state index is -3.60. The molecule has 174 valence electrons. The molecule has 3 rings (SSSR count). The Kier molecular flexibility index (Phi) is 8.89. The van der Waals surface area contributed by atoms with E-state index in [1.807, 2.05) is 42.5 Å². The molecule has 0 spiro atoms. The predicted octanol–water partition coefficient (Wildman–Crippen LogP) is 5.30. The van der Waals surface area contributed by atoms with E-state index in [4.69, 9.17) is 9.84 Å². The minimum absolute atomic E-state index is 0.167. The van der Waals surface area contributed by atoms with E-state index in [2.05, 4.69) is 4.72 Å². The highest BCUT2D eigenvalue weighted by Gasteiger charge is 2.13. The summed E-state index contributed by atoms with van der Waals surface area (Å²) in [5.74, 6) is 0.0154. The fraction of sp³-hybridized carbons (Fsp3) is 0.269. The number of carboxylic acids is 1. The predicted molar refractivity (Wildman–Crippen MR) is 129 cm³/mol. The number of sulfonamides is 1. The summed E-state index contributed by atoms with van der Waals surface area (Å²) in [7, 11) is -3.60. The van der Waals surface area contributed by atoms with E-state index in [-0.39, 0.29) is 11.3 Å². The van der Waals surface area contributed by atoms with E-state index in [0.29, 0.717) is 25.1 Å². The standard InChI is InChI=1S/C26H29NO5S/c28-26(29)17-8-12-22-11-7-14-24(20-22)32-18-5-4-9-21-10-6-13-23(19-21)27-33(30,31)25-15-2-1-3-16-25/h1-3,6-7,10-11,13-16,19-20,27H,4-5,8-9,12,17-18H2,(H,28,29). The van der Waals surface area contributed by atoms with Gasteiger partial charge in [-0.3, -0.25) is 9.52 Å². The van der Waals surface area contributed by atoms with Crippen LogP contribution in [0.1, 0.15) is 36.8 Å². The average Bonchev–Trinajstić information content (AvgIpc) is 2.79. The smallest absolute Gasteiger partial charge is 0.303 e. The number of hydrogen-bond acceptors (Lipinski definition) is 4. The number of ether oxygens (including phenoxy) is 1. The Hall–Kier alpha value is -3.32. The monoisotopic (exact) mass is 467 g/mol. The quantitative estimate of drug-likeness (QED) is 0.333. The summed E-state index contributed by atoms with van der Waals surface area (Å²) in [6.45, 7) is 0.582. The maximum absolute atomic E-state index is 12.5. The number of hydrogen-bond donors (Lipinski definition) is 2. The van der Waals surface area contributed by atoms with E-state index >= 15 is 0 Å². The first-order valence-corrected chi connectivity index (χ1v) is 12.5. The van der Waals surface area contributed by atoms with Gasteiger partial charge in [0.1, 0.15) is 5.75 Å². The third-order valence-corrected chi connectivity index (χ3v) is 6.51. The van der Waals surface area contributed by atoms with Crippen molar-refractivity contribution in [2.24, 2.45) is 0 Å². The van der Waals surface area contributed by atoms with Crippen molar-refractivity contribution < 1.29 is 23.1 Å². The highest BCUT2D eigenvalue weighted by Crippen LogP contribution is 2.19. The number of aryl methyl sites for hydroxylation is 2. The van der Waals surface area contributed by atoms with Crippen LogP contribution in [0.5, 0.6) is 5.75 Å². The van der Waals surface area contributed by atoms with Gasteiger partial charge in [0, 0.05) is 12.1 Å². The third kappa shape index (κ3) is 8.27. The van der Waals surface area contributed by atoms with Crippen LogP contribution in [0.3, 0.4) is 0 Å². The zero-order valence-corrected chi connectivity index (χ0v) is 19.3. The first-order chi connectivity index (χ1) is 15.9. The molecule has 0 fully saturated rings. The van der Waals surface area contributed by atoms with Gasteiger partial charge in [0.2, 0.25) is 0 Å². The molecule has 3 aromatic rings. The number of carbonyl (C=O) groups is 1. The van der Waals surface area contributed by atoms with E-state index in [0.717, 1.165) is 36.1 Å². The molecule has 0 radical (unpaired) electrons. The van der Waals surface area contributed by atoms with Crippen LogP contribution in [0.4, 0.5) is 5.69 Å². The maximum Gasteiger partial charge on any atom is 0.303 e. The Morgan fingerprint density at radius 2 is 1.52 bits per heavy atom. The van der Waals surface area contributed by atoms with E-state index in [1.165, 1.54) is 0 Å². The van der Waals surface area contributed by atoms with Gasteiger partial charge in [-0.25, -0.2) is 8.42 Å². The third-order valence-electron chi connectivity index (χ3n) is 5.12. The minimum Gasteiger partial charge on any atom is -0.494 e. The summed E-state index contributed by atoms with van der Waals surface area (Å²) in [5, 5.41) is 8.75. The van der Waals surface area contributed by atoms with Gasteiger partial charge in [-0.15, -0.1) is 0 Å². The van der Waals surface area contributed by atoms with Crippen LogP contribution in [-0.2, 0) is 27.7 Å². The van der Waals surface area contributed by atoms with Crippen molar-refractivity contribution in [1.82, 2.24) is 0 Å². The SMILES string of the molecule is O=C(O)CCCc1cccc(OCCCCc2cccc(NS(=O)(=O)c3ccccc3)c2)c1. The molecular formula is C26H29NO5S. The lowest BCUT2D eigenvalue weighted by Gasteiger charge is -2.10. The molecule has 0 bridgehead atoms. The summed E-state index contributed by atoms with van der Waals surface area (Å²) in [4.78, 5) is 10.9. The Bertz CT molecular complexity index is 1150. The number of unbranched alkanes of at least 4 members (excludes halogenated alkanes) is 1. The molecular weight excluding hydrogens is 438 g/mol. The zero-order chi connectivity index (χ0) is 23.5. The second kappa shape index (κ2) is 12.1. The molecule has 7 heteroatoms. The molecule has 6 nitrogen and oxygen atoms in total. The molecule has 0 aliphatic heterocycles. The van der Waals surface area contributed by atoms with Crippen molar-refractivity contribution in [3.05, 3.63) is 90.0 Å². The Balaban J connectivity index is 1.43. The Morgan fingerprint density at radius 3 is 2.27 bits per heavy atom. The molecule has 0 saturated carbocycles. The second-order valence-corrected chi connectivity index (χ2v) is 9.50. The summed E-state index contributed by atoms with van der Waals surface area (Å²) < 4.78 is 33.5. The van der Waals surface area contributed by atoms with Crippen LogP contribution in [-0.4, -0.2) is 26.1 Å². The molecule has 2 N–H and O–H groups in total. The lowest BCUT2D eigenvalue weighted by Crippen LogP contribution is -2.12. The summed E-state index contributed by atoms with van der Waals surface area (Å²) in [6, 6.07) is 23.5. The van der Waals surface area contributed by atoms with Gasteiger partial charge in [-0.2, -0.15) is 0 Å². The molecule has 0 atom stereocenters. The molecule has 0 amide bonds. The van der Waals surface area contributed by atoms with Crippen LogP contribution in [0.2, 0.25) is 0 Å². The molecule has 0 unspecified atom stereocenters. The van der Waals surface area contributed by atoms with Gasteiger partial charge in [0.05, 0.1) is 11.5 Å². The molecule has 3 aromatic carbocycles. The summed E-state index contributed by atoms with van der Waals surface area (Å²) in [6.07, 6.45) is 4.09. The maximum atomic E-state index is 12.5. The Labute approximate surface area is 195 Å². The first kappa shape index (κ1) is 24.3. The molecule has 0 aromatic heterocycles. The number of carboxylic acid groups (broad SMARTS) is 1. The van der Waals surface area contributed by atoms with Gasteiger partial charge in [0.25, 0.3) is 10.0 Å². The van der Waals surface area contributed by atoms with Gasteiger partial charge >= 0.3 is 5.97 Å². The van der Waals surface area contributed by atoms with Gasteiger partial charge in [-0.1, -0.05) is 42.5 Å². The van der Waals surface area contributed by atoms with Crippen molar-refractivity contribution in [3.63, 3.8) is 0 Å². The molecule has 0 saturated heterocycles. The first-order valence-electron chi connectivity index (χ1n) is 11.0. The topological polar surface area (TPSA) is 92.7 Å². The highest BCUT2D eigenvalue weighted by atomic mass is 32.2. The second-order valence-electron chi connectivity index (χ2n) is 7.82. The molecule has 0 aliphatic rings. The summed E-state index contributed by atoms with van der Waals surface area (Å²) in [5.41, 5.74) is 2.68. The average molecular weight is 468 g/mol. The zero-order valence-electron chi connectivity index (χ0n) is 18.4. The largest absolute Gasteiger partial charge is 0.494 e. The fourth-order valence-corrected chi connectivity index (χ4v) is 4.53. The normalized spacial score (nSPS) is 11.2. The van der Waals surface area contributed by atoms with Crippen LogP contribution in [0.25, 0.3) is 0 Å². The van der Waals surface area contributed by atoms with Crippen molar-refractivity contribution >= 4 is 21.7 Å². The number of benzene rings is 3. The highest BCUT2D eigenvalue weighted by molar-refractivity contribution is 7.92. The molecule has 33 heavy (non-hydrogen) atoms. The van der Waals surface area contributed by atoms with E-state index < -0.39 is 16.0 Å². The van der Waals surface area contributed by atoms with E-state index in [9.17, 15) is 13.2 Å². The van der Waals surface area contributed by atoms with Crippen molar-refractivity contribution in [2.45, 2.75) is 43.4 Å². The van der Waals surface area contributed by atoms with Crippen molar-refractivity contribution in [2.75, 3.05) is 11.3 Å². The van der Waals surface area contributed by atoms with E-state index in [1.54, 1.807) is 36.4 Å². The van der Waals surface area contributed by atoms with Gasteiger partial charge in [-0.05, 0) is 79.6 Å². The number of anilines is 1. The Morgan fingerprint density at radius 1 is 0.818 bits per heavy atom. The van der Waals surface area contributed by atoms with Crippen LogP contribution < -0.4 is 9.46 Å². The molecule has 0 heterocycles. The summed E-state index contributed by atoms with van der Waals surface area (Å²) >= 11 is 0. The number of nitrogens with one attached hydrogen (secondary N) is 1. The number of rotatable bonds is 13. The van der Waals surface area contributed by atoms with Gasteiger partial charge in [0.15, 0.2) is 0 Å². The lowest BCUT2D eigenvalue weighted by molar-refractivity contribution is -0.137. The van der Waals surface area contributed by atoms with Crippen molar-refractivity contribution in [3.8, 4) is 5.75 Å². The fourth-order valence-electron chi connectivity index (χ4n) is 3.46. The van der Waals surface area contributed by atoms with Crippen LogP contribution in [0.15, 0.2) is 83.8 Å². The van der Waals surface area contributed by atoms with Gasteiger partial charge < -0.3 is 9.84 Å². The van der Waals surface area contributed by atoms with Crippen LogP contribution in [0, 0.1) is 0 Å². The molecule has 0 aliphatic carbocycles. The van der Waals surface area contributed by atoms with Crippen LogP contribution >= 0.6 is 0 Å². The van der Waals surface area contributed by atoms with Crippen molar-refractivity contribution in [1.29, 1.82) is 0 Å².